The summed E-state index contributed by atoms with van der Waals surface area (Å²) in [7, 11) is 0. The molecule has 0 amide bonds. The van der Waals surface area contributed by atoms with Gasteiger partial charge in [0.05, 0.1) is 17.4 Å². The molecular weight excluding hydrogens is 224 g/mol. The van der Waals surface area contributed by atoms with E-state index in [4.69, 9.17) is 0 Å². The van der Waals surface area contributed by atoms with Crippen LogP contribution in [0.3, 0.4) is 0 Å². The van der Waals surface area contributed by atoms with E-state index in [1.54, 1.807) is 0 Å². The van der Waals surface area contributed by atoms with Gasteiger partial charge in [0.1, 0.15) is 0 Å². The number of hydrogen-bond donors (Lipinski definition) is 0. The first-order valence-electron chi connectivity index (χ1n) is 6.69. The Hall–Kier alpha value is -1.42. The molecule has 1 aliphatic heterocycles. The van der Waals surface area contributed by atoms with Gasteiger partial charge in [-0.05, 0) is 46.2 Å². The van der Waals surface area contributed by atoms with Crippen LogP contribution in [0, 0.1) is 0 Å². The lowest BCUT2D eigenvalue weighted by Crippen LogP contribution is -2.44. The van der Waals surface area contributed by atoms with Crippen molar-refractivity contribution in [3.63, 3.8) is 0 Å². The number of rotatable bonds is 2. The summed E-state index contributed by atoms with van der Waals surface area (Å²) in [4.78, 5) is 6.93. The molecule has 1 saturated heterocycles. The number of hydrogen-bond acceptors (Lipinski definition) is 3. The number of aromatic nitrogens is 3. The van der Waals surface area contributed by atoms with Crippen molar-refractivity contribution in [2.75, 3.05) is 6.54 Å². The summed E-state index contributed by atoms with van der Waals surface area (Å²) in [5.41, 5.74) is 2.26. The van der Waals surface area contributed by atoms with Crippen LogP contribution < -0.4 is 0 Å². The van der Waals surface area contributed by atoms with Crippen molar-refractivity contribution >= 4 is 5.65 Å². The molecule has 1 atom stereocenters. The van der Waals surface area contributed by atoms with Gasteiger partial charge in [0.2, 0.25) is 0 Å². The number of fused-ring (bicyclic) bond motifs is 1. The van der Waals surface area contributed by atoms with Gasteiger partial charge in [-0.15, -0.1) is 0 Å². The zero-order valence-electron chi connectivity index (χ0n) is 11.3. The minimum Gasteiger partial charge on any atom is -0.290 e. The van der Waals surface area contributed by atoms with Crippen molar-refractivity contribution in [1.29, 1.82) is 0 Å². The van der Waals surface area contributed by atoms with Crippen molar-refractivity contribution in [3.05, 3.63) is 30.2 Å². The molecule has 0 aromatic carbocycles. The first-order valence-corrected chi connectivity index (χ1v) is 6.69. The second-order valence-electron chi connectivity index (χ2n) is 5.60. The molecule has 2 aromatic heterocycles. The van der Waals surface area contributed by atoms with Crippen molar-refractivity contribution in [1.82, 2.24) is 19.5 Å². The lowest BCUT2D eigenvalue weighted by atomic mass is 9.93. The van der Waals surface area contributed by atoms with Crippen molar-refractivity contribution in [2.45, 2.75) is 45.2 Å². The lowest BCUT2D eigenvalue weighted by Gasteiger charge is -2.38. The maximum atomic E-state index is 4.43. The standard InChI is InChI=1S/C14H20N4/c1-11(2)17-10-4-7-14(17,3)12-5-8-15-13-6-9-16-18(12)13/h5-6,8-9,11H,4,7,10H2,1-3H3. The van der Waals surface area contributed by atoms with Crippen LogP contribution in [0.4, 0.5) is 0 Å². The maximum absolute atomic E-state index is 4.43. The van der Waals surface area contributed by atoms with Crippen LogP contribution >= 0.6 is 0 Å². The third kappa shape index (κ3) is 1.56. The quantitative estimate of drug-likeness (QED) is 0.813. The summed E-state index contributed by atoms with van der Waals surface area (Å²) < 4.78 is 1.99. The molecule has 1 fully saturated rings. The summed E-state index contributed by atoms with van der Waals surface area (Å²) in [5, 5.41) is 4.43. The van der Waals surface area contributed by atoms with Crippen LogP contribution in [-0.4, -0.2) is 32.1 Å². The molecule has 0 radical (unpaired) electrons. The Kier molecular flexibility index (Phi) is 2.63. The second-order valence-corrected chi connectivity index (χ2v) is 5.60. The summed E-state index contributed by atoms with van der Waals surface area (Å²) in [5.74, 6) is 0. The molecule has 0 N–H and O–H groups in total. The minimum atomic E-state index is 0.0708. The van der Waals surface area contributed by atoms with E-state index in [1.807, 2.05) is 23.0 Å². The van der Waals surface area contributed by atoms with Crippen molar-refractivity contribution in [3.8, 4) is 0 Å². The van der Waals surface area contributed by atoms with Gasteiger partial charge < -0.3 is 0 Å². The van der Waals surface area contributed by atoms with Gasteiger partial charge in [0.15, 0.2) is 5.65 Å². The highest BCUT2D eigenvalue weighted by Crippen LogP contribution is 2.39. The largest absolute Gasteiger partial charge is 0.290 e. The first-order chi connectivity index (χ1) is 8.63. The molecule has 18 heavy (non-hydrogen) atoms. The van der Waals surface area contributed by atoms with Gasteiger partial charge in [-0.25, -0.2) is 9.50 Å². The molecule has 4 heteroatoms. The van der Waals surface area contributed by atoms with E-state index in [1.165, 1.54) is 25.1 Å². The first kappa shape index (κ1) is 11.7. The normalized spacial score (nSPS) is 25.3. The number of likely N-dealkylation sites (tertiary alicyclic amines) is 1. The summed E-state index contributed by atoms with van der Waals surface area (Å²) >= 11 is 0. The molecule has 3 rings (SSSR count). The molecule has 1 aliphatic rings. The summed E-state index contributed by atoms with van der Waals surface area (Å²) in [6, 6.07) is 4.62. The van der Waals surface area contributed by atoms with E-state index < -0.39 is 0 Å². The van der Waals surface area contributed by atoms with Gasteiger partial charge in [0, 0.05) is 18.3 Å². The number of nitrogens with zero attached hydrogens (tertiary/aromatic N) is 4. The minimum absolute atomic E-state index is 0.0708. The molecule has 4 nitrogen and oxygen atoms in total. The molecule has 0 aliphatic carbocycles. The average molecular weight is 244 g/mol. The lowest BCUT2D eigenvalue weighted by molar-refractivity contribution is 0.111. The van der Waals surface area contributed by atoms with Crippen molar-refractivity contribution in [2.24, 2.45) is 0 Å². The zero-order chi connectivity index (χ0) is 12.8. The fraction of sp³-hybridized carbons (Fsp3) is 0.571. The predicted octanol–water partition coefficient (Wildman–Crippen LogP) is 2.45. The molecular formula is C14H20N4. The van der Waals surface area contributed by atoms with Crippen LogP contribution in [0.2, 0.25) is 0 Å². The van der Waals surface area contributed by atoms with E-state index in [0.717, 1.165) is 5.65 Å². The van der Waals surface area contributed by atoms with Crippen LogP contribution in [0.25, 0.3) is 5.65 Å². The van der Waals surface area contributed by atoms with E-state index >= 15 is 0 Å². The molecule has 1 unspecified atom stereocenters. The van der Waals surface area contributed by atoms with E-state index in [9.17, 15) is 0 Å². The maximum Gasteiger partial charge on any atom is 0.155 e. The van der Waals surface area contributed by atoms with Crippen LogP contribution in [0.15, 0.2) is 24.5 Å². The van der Waals surface area contributed by atoms with Gasteiger partial charge in [-0.2, -0.15) is 5.10 Å². The van der Waals surface area contributed by atoms with Crippen LogP contribution in [0.1, 0.15) is 39.3 Å². The molecule has 0 saturated carbocycles. The monoisotopic (exact) mass is 244 g/mol. The second kappa shape index (κ2) is 4.05. The molecule has 96 valence electrons. The van der Waals surface area contributed by atoms with Gasteiger partial charge in [-0.1, -0.05) is 0 Å². The third-order valence-electron chi connectivity index (χ3n) is 4.16. The Balaban J connectivity index is 2.15. The van der Waals surface area contributed by atoms with Crippen LogP contribution in [-0.2, 0) is 5.54 Å². The fourth-order valence-corrected chi connectivity index (χ4v) is 3.33. The van der Waals surface area contributed by atoms with Gasteiger partial charge in [-0.3, -0.25) is 4.90 Å². The molecule has 0 spiro atoms. The average Bonchev–Trinajstić information content (AvgIpc) is 2.94. The van der Waals surface area contributed by atoms with Gasteiger partial charge in [0.25, 0.3) is 0 Å². The Labute approximate surface area is 108 Å². The Morgan fingerprint density at radius 3 is 2.89 bits per heavy atom. The Morgan fingerprint density at radius 1 is 1.28 bits per heavy atom. The van der Waals surface area contributed by atoms with Crippen molar-refractivity contribution < 1.29 is 0 Å². The smallest absolute Gasteiger partial charge is 0.155 e. The zero-order valence-corrected chi connectivity index (χ0v) is 11.3. The topological polar surface area (TPSA) is 33.4 Å². The van der Waals surface area contributed by atoms with Gasteiger partial charge >= 0.3 is 0 Å². The SMILES string of the molecule is CC(C)N1CCCC1(C)c1ccnc2ccnn12. The molecule has 2 aromatic rings. The summed E-state index contributed by atoms with van der Waals surface area (Å²) in [6.07, 6.45) is 6.15. The Bertz CT molecular complexity index is 560. The highest BCUT2D eigenvalue weighted by atomic mass is 15.3. The fourth-order valence-electron chi connectivity index (χ4n) is 3.33. The molecule has 3 heterocycles. The predicted molar refractivity (Wildman–Crippen MR) is 71.4 cm³/mol. The van der Waals surface area contributed by atoms with E-state index in [2.05, 4.69) is 41.8 Å². The highest BCUT2D eigenvalue weighted by Gasteiger charge is 2.41. The highest BCUT2D eigenvalue weighted by molar-refractivity contribution is 5.38. The third-order valence-corrected chi connectivity index (χ3v) is 4.16. The van der Waals surface area contributed by atoms with E-state index in [-0.39, 0.29) is 5.54 Å². The van der Waals surface area contributed by atoms with E-state index in [0.29, 0.717) is 6.04 Å². The summed E-state index contributed by atoms with van der Waals surface area (Å²) in [6.45, 7) is 8.03. The van der Waals surface area contributed by atoms with Crippen LogP contribution in [0.5, 0.6) is 0 Å². The molecule has 0 bridgehead atoms. The Morgan fingerprint density at radius 2 is 2.11 bits per heavy atom.